The van der Waals surface area contributed by atoms with Gasteiger partial charge in [-0.2, -0.15) is 0 Å². The van der Waals surface area contributed by atoms with E-state index in [1.165, 1.54) is 23.1 Å². The summed E-state index contributed by atoms with van der Waals surface area (Å²) in [5, 5.41) is 4.23. The summed E-state index contributed by atoms with van der Waals surface area (Å²) < 4.78 is 2.02. The molecule has 0 aliphatic carbocycles. The van der Waals surface area contributed by atoms with Crippen LogP contribution in [0.4, 0.5) is 10.7 Å². The number of hydrogen-bond acceptors (Lipinski definition) is 6. The van der Waals surface area contributed by atoms with E-state index >= 15 is 0 Å². The van der Waals surface area contributed by atoms with Crippen LogP contribution in [-0.4, -0.2) is 28.3 Å². The monoisotopic (exact) mass is 311 g/mol. The molecule has 0 fully saturated rings. The summed E-state index contributed by atoms with van der Waals surface area (Å²) in [5.74, 6) is -0.478. The molecular formula is C12H17N5OS2. The van der Waals surface area contributed by atoms with Gasteiger partial charge in [-0.15, -0.1) is 23.1 Å². The maximum Gasteiger partial charge on any atom is 0.261 e. The highest BCUT2D eigenvalue weighted by Crippen LogP contribution is 2.41. The quantitative estimate of drug-likeness (QED) is 0.535. The molecule has 2 rings (SSSR count). The van der Waals surface area contributed by atoms with Crippen LogP contribution < -0.4 is 16.8 Å². The minimum atomic E-state index is -0.478. The highest BCUT2D eigenvalue weighted by atomic mass is 32.2. The minimum absolute atomic E-state index is 0.423. The predicted octanol–water partition coefficient (Wildman–Crippen LogP) is 1.85. The van der Waals surface area contributed by atoms with E-state index in [0.29, 0.717) is 10.6 Å². The lowest BCUT2D eigenvalue weighted by Crippen LogP contribution is -2.10. The van der Waals surface area contributed by atoms with Crippen molar-refractivity contribution >= 4 is 39.7 Å². The molecule has 108 valence electrons. The van der Waals surface area contributed by atoms with E-state index in [-0.39, 0.29) is 0 Å². The molecule has 0 spiro atoms. The van der Waals surface area contributed by atoms with Crippen molar-refractivity contribution in [2.24, 2.45) is 5.73 Å². The van der Waals surface area contributed by atoms with Gasteiger partial charge >= 0.3 is 0 Å². The number of nitrogens with two attached hydrogens (primary N) is 2. The van der Waals surface area contributed by atoms with E-state index in [4.69, 9.17) is 11.5 Å². The van der Waals surface area contributed by atoms with Crippen LogP contribution in [0.15, 0.2) is 23.6 Å². The lowest BCUT2D eigenvalue weighted by Gasteiger charge is -2.06. The van der Waals surface area contributed by atoms with Crippen molar-refractivity contribution in [2.75, 3.05) is 23.9 Å². The third-order valence-corrected chi connectivity index (χ3v) is 4.90. The van der Waals surface area contributed by atoms with E-state index in [1.54, 1.807) is 12.5 Å². The number of amides is 1. The molecule has 0 radical (unpaired) electrons. The molecule has 0 atom stereocenters. The molecule has 5 N–H and O–H groups in total. The smallest absolute Gasteiger partial charge is 0.261 e. The first kappa shape index (κ1) is 14.7. The van der Waals surface area contributed by atoms with Gasteiger partial charge in [0, 0.05) is 25.5 Å². The Hall–Kier alpha value is -1.67. The fourth-order valence-corrected chi connectivity index (χ4v) is 3.73. The molecule has 2 heterocycles. The Kier molecular flexibility index (Phi) is 4.91. The third-order valence-electron chi connectivity index (χ3n) is 2.77. The second-order valence-corrected chi connectivity index (χ2v) is 5.99. The van der Waals surface area contributed by atoms with Crippen molar-refractivity contribution in [3.05, 3.63) is 23.6 Å². The third kappa shape index (κ3) is 3.26. The van der Waals surface area contributed by atoms with Crippen LogP contribution in [0.3, 0.4) is 0 Å². The first-order valence-corrected chi connectivity index (χ1v) is 8.13. The molecular weight excluding hydrogens is 294 g/mol. The number of thiophene rings is 1. The van der Waals surface area contributed by atoms with Crippen molar-refractivity contribution < 1.29 is 4.79 Å². The Morgan fingerprint density at radius 3 is 3.00 bits per heavy atom. The molecule has 0 aromatic carbocycles. The van der Waals surface area contributed by atoms with Gasteiger partial charge in [-0.25, -0.2) is 4.98 Å². The van der Waals surface area contributed by atoms with Crippen LogP contribution in [0, 0.1) is 0 Å². The molecule has 0 saturated carbocycles. The average molecular weight is 311 g/mol. The Bertz CT molecular complexity index is 579. The van der Waals surface area contributed by atoms with Gasteiger partial charge in [-0.05, 0) is 12.7 Å². The predicted molar refractivity (Wildman–Crippen MR) is 84.4 cm³/mol. The van der Waals surface area contributed by atoms with E-state index in [9.17, 15) is 4.79 Å². The maximum atomic E-state index is 11.3. The number of hydrogen-bond donors (Lipinski definition) is 3. The number of carbonyl (C=O) groups excluding carboxylic acids is 1. The number of rotatable bonds is 7. The summed E-state index contributed by atoms with van der Waals surface area (Å²) in [4.78, 5) is 16.6. The zero-order chi connectivity index (χ0) is 14.5. The van der Waals surface area contributed by atoms with Crippen molar-refractivity contribution in [1.82, 2.24) is 9.55 Å². The first-order valence-electron chi connectivity index (χ1n) is 6.09. The van der Waals surface area contributed by atoms with Crippen molar-refractivity contribution in [3.63, 3.8) is 0 Å². The Morgan fingerprint density at radius 1 is 1.60 bits per heavy atom. The molecule has 2 aromatic rings. The number of thioether (sulfide) groups is 1. The maximum absolute atomic E-state index is 11.3. The Balaban J connectivity index is 1.95. The number of nitrogens with one attached hydrogen (secondary N) is 1. The van der Waals surface area contributed by atoms with Gasteiger partial charge in [-0.1, -0.05) is 0 Å². The lowest BCUT2D eigenvalue weighted by atomic mass is 10.3. The van der Waals surface area contributed by atoms with Gasteiger partial charge < -0.3 is 21.4 Å². The molecule has 0 unspecified atom stereocenters. The molecule has 6 nitrogen and oxygen atoms in total. The molecule has 20 heavy (non-hydrogen) atoms. The van der Waals surface area contributed by atoms with Gasteiger partial charge in [0.15, 0.2) is 0 Å². The zero-order valence-electron chi connectivity index (χ0n) is 11.1. The average Bonchev–Trinajstić information content (AvgIpc) is 3.02. The summed E-state index contributed by atoms with van der Waals surface area (Å²) in [6.45, 7) is 1.69. The van der Waals surface area contributed by atoms with Crippen molar-refractivity contribution in [3.8, 4) is 0 Å². The standard InChI is InChI=1S/C12H17N5OS2/c1-19-10-8(13)9(11(14)18)20-12(10)16-3-2-5-17-6-4-15-7-17/h4,6-7,16H,2-3,5,13H2,1H3,(H2,14,18). The van der Waals surface area contributed by atoms with E-state index in [1.807, 2.05) is 17.0 Å². The second kappa shape index (κ2) is 6.67. The van der Waals surface area contributed by atoms with Crippen LogP contribution in [0.5, 0.6) is 0 Å². The number of aryl methyl sites for hydroxylation is 1. The van der Waals surface area contributed by atoms with Crippen molar-refractivity contribution in [2.45, 2.75) is 17.9 Å². The number of anilines is 2. The first-order chi connectivity index (χ1) is 9.63. The number of carbonyl (C=O) groups is 1. The van der Waals surface area contributed by atoms with Crippen LogP contribution in [0.1, 0.15) is 16.1 Å². The number of nitrogens with zero attached hydrogens (tertiary/aromatic N) is 2. The van der Waals surface area contributed by atoms with Crippen LogP contribution >= 0.6 is 23.1 Å². The van der Waals surface area contributed by atoms with Crippen molar-refractivity contribution in [1.29, 1.82) is 0 Å². The van der Waals surface area contributed by atoms with E-state index in [2.05, 4.69) is 10.3 Å². The summed E-state index contributed by atoms with van der Waals surface area (Å²) in [6, 6.07) is 0. The summed E-state index contributed by atoms with van der Waals surface area (Å²) in [6.07, 6.45) is 8.37. The van der Waals surface area contributed by atoms with Gasteiger partial charge in [0.2, 0.25) is 0 Å². The van der Waals surface area contributed by atoms with Gasteiger partial charge in [0.1, 0.15) is 9.88 Å². The number of primary amides is 1. The summed E-state index contributed by atoms with van der Waals surface area (Å²) in [5.41, 5.74) is 11.7. The van der Waals surface area contributed by atoms with E-state index in [0.717, 1.165) is 29.4 Å². The largest absolute Gasteiger partial charge is 0.396 e. The highest BCUT2D eigenvalue weighted by Gasteiger charge is 2.18. The SMILES string of the molecule is CSc1c(NCCCn2ccnc2)sc(C(N)=O)c1N. The molecule has 2 aromatic heterocycles. The van der Waals surface area contributed by atoms with E-state index < -0.39 is 5.91 Å². The molecule has 0 bridgehead atoms. The van der Waals surface area contributed by atoms with Gasteiger partial charge in [0.25, 0.3) is 5.91 Å². The number of aromatic nitrogens is 2. The molecule has 0 aliphatic heterocycles. The summed E-state index contributed by atoms with van der Waals surface area (Å²) in [7, 11) is 0. The molecule has 8 heteroatoms. The second-order valence-electron chi connectivity index (χ2n) is 4.15. The fraction of sp³-hybridized carbons (Fsp3) is 0.333. The highest BCUT2D eigenvalue weighted by molar-refractivity contribution is 7.99. The normalized spacial score (nSPS) is 10.7. The fourth-order valence-electron chi connectivity index (χ4n) is 1.81. The number of nitrogen functional groups attached to an aromatic ring is 1. The van der Waals surface area contributed by atoms with Gasteiger partial charge in [0.05, 0.1) is 16.9 Å². The zero-order valence-corrected chi connectivity index (χ0v) is 12.8. The Morgan fingerprint density at radius 2 is 2.40 bits per heavy atom. The minimum Gasteiger partial charge on any atom is -0.396 e. The lowest BCUT2D eigenvalue weighted by molar-refractivity contribution is 0.100. The van der Waals surface area contributed by atoms with Crippen LogP contribution in [0.2, 0.25) is 0 Å². The molecule has 1 amide bonds. The molecule has 0 saturated heterocycles. The van der Waals surface area contributed by atoms with Crippen LogP contribution in [0.25, 0.3) is 0 Å². The van der Waals surface area contributed by atoms with Crippen LogP contribution in [-0.2, 0) is 6.54 Å². The Labute approximate surface area is 125 Å². The summed E-state index contributed by atoms with van der Waals surface area (Å²) >= 11 is 2.83. The number of imidazole rings is 1. The van der Waals surface area contributed by atoms with Gasteiger partial charge in [-0.3, -0.25) is 4.79 Å². The topological polar surface area (TPSA) is 99.0 Å². The molecule has 0 aliphatic rings.